The summed E-state index contributed by atoms with van der Waals surface area (Å²) in [4.78, 5) is 10.4. The first-order valence-electron chi connectivity index (χ1n) is 5.20. The van der Waals surface area contributed by atoms with Gasteiger partial charge in [0, 0.05) is 12.1 Å². The van der Waals surface area contributed by atoms with E-state index in [1.807, 2.05) is 6.92 Å². The maximum absolute atomic E-state index is 10.8. The SMILES string of the molecule is [CH2]C(C)c1cc(C2CC2)cc([N+](=O)[O-])c1. The molecule has 0 spiro atoms. The van der Waals surface area contributed by atoms with Crippen LogP contribution < -0.4 is 0 Å². The van der Waals surface area contributed by atoms with Crippen molar-refractivity contribution in [1.82, 2.24) is 0 Å². The zero-order valence-electron chi connectivity index (χ0n) is 8.77. The molecule has 0 aromatic heterocycles. The van der Waals surface area contributed by atoms with Crippen LogP contribution in [0.1, 0.15) is 42.7 Å². The second-order valence-corrected chi connectivity index (χ2v) is 4.29. The lowest BCUT2D eigenvalue weighted by atomic mass is 9.98. The predicted octanol–water partition coefficient (Wildman–Crippen LogP) is 3.41. The van der Waals surface area contributed by atoms with E-state index in [0.717, 1.165) is 24.0 Å². The van der Waals surface area contributed by atoms with Crippen molar-refractivity contribution in [1.29, 1.82) is 0 Å². The topological polar surface area (TPSA) is 43.1 Å². The third-order valence-corrected chi connectivity index (χ3v) is 2.79. The molecular weight excluding hydrogens is 190 g/mol. The molecule has 1 unspecified atom stereocenters. The fourth-order valence-corrected chi connectivity index (χ4v) is 1.70. The van der Waals surface area contributed by atoms with Crippen molar-refractivity contribution < 1.29 is 4.92 Å². The minimum absolute atomic E-state index is 0.0994. The molecule has 1 atom stereocenters. The van der Waals surface area contributed by atoms with Gasteiger partial charge in [0.05, 0.1) is 4.92 Å². The lowest BCUT2D eigenvalue weighted by molar-refractivity contribution is -0.385. The molecule has 3 nitrogen and oxygen atoms in total. The minimum atomic E-state index is -0.322. The molecule has 1 aliphatic rings. The molecule has 0 bridgehead atoms. The summed E-state index contributed by atoms with van der Waals surface area (Å²) in [6.45, 7) is 5.86. The first-order chi connectivity index (χ1) is 7.08. The van der Waals surface area contributed by atoms with E-state index < -0.39 is 0 Å². The lowest BCUT2D eigenvalue weighted by Gasteiger charge is -2.07. The van der Waals surface area contributed by atoms with E-state index in [4.69, 9.17) is 0 Å². The van der Waals surface area contributed by atoms with Gasteiger partial charge >= 0.3 is 0 Å². The highest BCUT2D eigenvalue weighted by Crippen LogP contribution is 2.42. The summed E-state index contributed by atoms with van der Waals surface area (Å²) in [6.07, 6.45) is 2.32. The number of benzene rings is 1. The Morgan fingerprint density at radius 3 is 2.60 bits per heavy atom. The van der Waals surface area contributed by atoms with Crippen molar-refractivity contribution in [3.63, 3.8) is 0 Å². The van der Waals surface area contributed by atoms with Crippen LogP contribution in [0.15, 0.2) is 18.2 Å². The van der Waals surface area contributed by atoms with Crippen molar-refractivity contribution in [3.05, 3.63) is 46.4 Å². The molecule has 1 aromatic rings. The highest BCUT2D eigenvalue weighted by atomic mass is 16.6. The summed E-state index contributed by atoms with van der Waals surface area (Å²) >= 11 is 0. The molecule has 79 valence electrons. The monoisotopic (exact) mass is 204 g/mol. The third kappa shape index (κ3) is 2.17. The van der Waals surface area contributed by atoms with Gasteiger partial charge in [-0.3, -0.25) is 10.1 Å². The number of rotatable bonds is 3. The Balaban J connectivity index is 2.43. The summed E-state index contributed by atoms with van der Waals surface area (Å²) < 4.78 is 0. The van der Waals surface area contributed by atoms with E-state index in [9.17, 15) is 10.1 Å². The van der Waals surface area contributed by atoms with E-state index >= 15 is 0 Å². The number of nitro groups is 1. The van der Waals surface area contributed by atoms with Crippen LogP contribution in [0.3, 0.4) is 0 Å². The molecule has 0 heterocycles. The van der Waals surface area contributed by atoms with Crippen LogP contribution in [0, 0.1) is 17.0 Å². The Labute approximate surface area is 89.3 Å². The van der Waals surface area contributed by atoms with E-state index in [1.54, 1.807) is 12.1 Å². The second kappa shape index (κ2) is 3.65. The highest BCUT2D eigenvalue weighted by molar-refractivity contribution is 5.43. The molecular formula is C12H14NO2. The molecule has 0 amide bonds. The Kier molecular flexibility index (Phi) is 2.47. The van der Waals surface area contributed by atoms with E-state index in [1.165, 1.54) is 0 Å². The molecule has 0 saturated heterocycles. The molecule has 1 aliphatic carbocycles. The first kappa shape index (κ1) is 10.1. The molecule has 0 N–H and O–H groups in total. The van der Waals surface area contributed by atoms with Crippen LogP contribution in [-0.4, -0.2) is 4.92 Å². The quantitative estimate of drug-likeness (QED) is 0.559. The zero-order valence-corrected chi connectivity index (χ0v) is 8.77. The average Bonchev–Trinajstić information content (AvgIpc) is 3.00. The van der Waals surface area contributed by atoms with Gasteiger partial charge in [-0.1, -0.05) is 13.0 Å². The van der Waals surface area contributed by atoms with E-state index in [-0.39, 0.29) is 16.5 Å². The van der Waals surface area contributed by atoms with Crippen LogP contribution in [0.5, 0.6) is 0 Å². The number of nitrogens with zero attached hydrogens (tertiary/aromatic N) is 1. The van der Waals surface area contributed by atoms with E-state index in [2.05, 4.69) is 13.0 Å². The van der Waals surface area contributed by atoms with Crippen LogP contribution in [0.2, 0.25) is 0 Å². The van der Waals surface area contributed by atoms with Gasteiger partial charge in [-0.15, -0.1) is 0 Å². The Morgan fingerprint density at radius 2 is 2.13 bits per heavy atom. The molecule has 1 aromatic carbocycles. The highest BCUT2D eigenvalue weighted by Gasteiger charge is 2.26. The van der Waals surface area contributed by atoms with Crippen molar-refractivity contribution >= 4 is 5.69 Å². The van der Waals surface area contributed by atoms with Crippen molar-refractivity contribution in [2.45, 2.75) is 31.6 Å². The third-order valence-electron chi connectivity index (χ3n) is 2.79. The maximum Gasteiger partial charge on any atom is 0.269 e. The van der Waals surface area contributed by atoms with Crippen LogP contribution >= 0.6 is 0 Å². The maximum atomic E-state index is 10.8. The Hall–Kier alpha value is -1.38. The Bertz CT molecular complexity index is 374. The molecule has 1 radical (unpaired) electrons. The smallest absolute Gasteiger partial charge is 0.258 e. The first-order valence-corrected chi connectivity index (χ1v) is 5.20. The number of non-ortho nitro benzene ring substituents is 1. The minimum Gasteiger partial charge on any atom is -0.258 e. The lowest BCUT2D eigenvalue weighted by Crippen LogP contribution is -1.95. The number of hydrogen-bond acceptors (Lipinski definition) is 2. The molecule has 15 heavy (non-hydrogen) atoms. The van der Waals surface area contributed by atoms with Crippen LogP contribution in [0.4, 0.5) is 5.69 Å². The summed E-state index contributed by atoms with van der Waals surface area (Å²) in [5.74, 6) is 0.643. The summed E-state index contributed by atoms with van der Waals surface area (Å²) in [5.41, 5.74) is 2.27. The number of hydrogen-bond donors (Lipinski definition) is 0. The van der Waals surface area contributed by atoms with Gasteiger partial charge in [0.1, 0.15) is 0 Å². The Morgan fingerprint density at radius 1 is 1.47 bits per heavy atom. The van der Waals surface area contributed by atoms with E-state index in [0.29, 0.717) is 5.92 Å². The average molecular weight is 204 g/mol. The van der Waals surface area contributed by atoms with Crippen LogP contribution in [-0.2, 0) is 0 Å². The summed E-state index contributed by atoms with van der Waals surface area (Å²) in [7, 11) is 0. The van der Waals surface area contributed by atoms with Gasteiger partial charge in [-0.05, 0) is 42.7 Å². The van der Waals surface area contributed by atoms with Gasteiger partial charge in [0.25, 0.3) is 5.69 Å². The van der Waals surface area contributed by atoms with Crippen LogP contribution in [0.25, 0.3) is 0 Å². The van der Waals surface area contributed by atoms with Crippen molar-refractivity contribution in [3.8, 4) is 0 Å². The normalized spacial score (nSPS) is 15.7. The molecule has 1 saturated carbocycles. The van der Waals surface area contributed by atoms with Gasteiger partial charge in [-0.2, -0.15) is 0 Å². The predicted molar refractivity (Wildman–Crippen MR) is 58.8 cm³/mol. The number of nitro benzene ring substituents is 1. The van der Waals surface area contributed by atoms with Gasteiger partial charge in [0.15, 0.2) is 0 Å². The molecule has 1 fully saturated rings. The fourth-order valence-electron chi connectivity index (χ4n) is 1.70. The second-order valence-electron chi connectivity index (χ2n) is 4.29. The van der Waals surface area contributed by atoms with Crippen molar-refractivity contribution in [2.24, 2.45) is 0 Å². The summed E-state index contributed by atoms with van der Waals surface area (Å²) in [6, 6.07) is 5.38. The zero-order chi connectivity index (χ0) is 11.0. The molecule has 0 aliphatic heterocycles. The standard InChI is InChI=1S/C12H14NO2/c1-8(2)10-5-11(9-3-4-9)7-12(6-10)13(14)15/h5-9H,1,3-4H2,2H3. The van der Waals surface area contributed by atoms with Gasteiger partial charge < -0.3 is 0 Å². The van der Waals surface area contributed by atoms with Gasteiger partial charge in [-0.25, -0.2) is 0 Å². The largest absolute Gasteiger partial charge is 0.269 e. The molecule has 3 heteroatoms. The summed E-state index contributed by atoms with van der Waals surface area (Å²) in [5, 5.41) is 10.8. The fraction of sp³-hybridized carbons (Fsp3) is 0.417. The molecule has 2 rings (SSSR count). The van der Waals surface area contributed by atoms with Crippen molar-refractivity contribution in [2.75, 3.05) is 0 Å². The van der Waals surface area contributed by atoms with Gasteiger partial charge in [0.2, 0.25) is 0 Å².